The summed E-state index contributed by atoms with van der Waals surface area (Å²) >= 11 is 0. The lowest BCUT2D eigenvalue weighted by molar-refractivity contribution is 0.0594. The monoisotopic (exact) mass is 266 g/mol. The van der Waals surface area contributed by atoms with Crippen LogP contribution in [0.3, 0.4) is 0 Å². The summed E-state index contributed by atoms with van der Waals surface area (Å²) in [7, 11) is 1.07. The van der Waals surface area contributed by atoms with Crippen LogP contribution in [0.1, 0.15) is 20.9 Å². The maximum atomic E-state index is 13.8. The van der Waals surface area contributed by atoms with Crippen LogP contribution in [0.2, 0.25) is 0 Å². The van der Waals surface area contributed by atoms with Gasteiger partial charge in [0.15, 0.2) is 23.7 Å². The van der Waals surface area contributed by atoms with Gasteiger partial charge in [-0.1, -0.05) is 0 Å². The molecule has 4 nitrogen and oxygen atoms in total. The molecule has 0 bridgehead atoms. The van der Waals surface area contributed by atoms with Gasteiger partial charge in [0.2, 0.25) is 0 Å². The van der Waals surface area contributed by atoms with E-state index in [2.05, 4.69) is 4.74 Å². The molecule has 0 N–H and O–H groups in total. The van der Waals surface area contributed by atoms with Gasteiger partial charge < -0.3 is 9.15 Å². The Labute approximate surface area is 106 Å². The smallest absolute Gasteiger partial charge is 0.340 e. The zero-order chi connectivity index (χ0) is 14.0. The van der Waals surface area contributed by atoms with Gasteiger partial charge in [0.1, 0.15) is 5.76 Å². The molecule has 0 saturated carbocycles. The van der Waals surface area contributed by atoms with Crippen molar-refractivity contribution in [3.63, 3.8) is 0 Å². The first-order chi connectivity index (χ1) is 9.08. The summed E-state index contributed by atoms with van der Waals surface area (Å²) in [5.74, 6) is -3.55. The Morgan fingerprint density at radius 1 is 1.21 bits per heavy atom. The van der Waals surface area contributed by atoms with E-state index in [0.717, 1.165) is 13.2 Å². The Morgan fingerprint density at radius 3 is 2.53 bits per heavy atom. The minimum absolute atomic E-state index is 0.00471. The minimum atomic E-state index is -1.33. The van der Waals surface area contributed by atoms with Crippen molar-refractivity contribution in [1.29, 1.82) is 0 Å². The number of carbonyl (C=O) groups excluding carboxylic acids is 2. The summed E-state index contributed by atoms with van der Waals surface area (Å²) in [6, 6.07) is 4.92. The Balaban J connectivity index is 2.52. The van der Waals surface area contributed by atoms with Crippen molar-refractivity contribution < 1.29 is 27.5 Å². The van der Waals surface area contributed by atoms with Gasteiger partial charge in [-0.25, -0.2) is 13.6 Å². The van der Waals surface area contributed by atoms with Gasteiger partial charge in [0.05, 0.1) is 18.2 Å². The van der Waals surface area contributed by atoms with Crippen LogP contribution in [-0.4, -0.2) is 19.4 Å². The van der Waals surface area contributed by atoms with E-state index in [-0.39, 0.29) is 17.1 Å². The number of carbonyl (C=O) groups is 2. The van der Waals surface area contributed by atoms with Gasteiger partial charge in [-0.3, -0.25) is 4.79 Å². The largest absolute Gasteiger partial charge is 0.465 e. The number of hydrogen-bond acceptors (Lipinski definition) is 4. The lowest BCUT2D eigenvalue weighted by atomic mass is 10.1. The van der Waals surface area contributed by atoms with Gasteiger partial charge in [0.25, 0.3) is 0 Å². The third kappa shape index (κ3) is 2.24. The van der Waals surface area contributed by atoms with Crippen molar-refractivity contribution in [2.24, 2.45) is 0 Å². The zero-order valence-electron chi connectivity index (χ0n) is 9.78. The van der Waals surface area contributed by atoms with E-state index in [1.165, 1.54) is 18.2 Å². The Kier molecular flexibility index (Phi) is 3.41. The molecular weight excluding hydrogens is 258 g/mol. The molecule has 1 aromatic heterocycles. The molecule has 0 saturated heterocycles. The number of esters is 1. The number of methoxy groups -OCH3 is 1. The number of aldehydes is 1. The summed E-state index contributed by atoms with van der Waals surface area (Å²) in [5, 5.41) is 0. The molecule has 6 heteroatoms. The molecule has 0 unspecified atom stereocenters. The highest BCUT2D eigenvalue weighted by atomic mass is 19.2. The molecule has 0 spiro atoms. The summed E-state index contributed by atoms with van der Waals surface area (Å²) in [4.78, 5) is 21.6. The van der Waals surface area contributed by atoms with Crippen molar-refractivity contribution >= 4 is 12.3 Å². The quantitative estimate of drug-likeness (QED) is 0.633. The number of hydrogen-bond donors (Lipinski definition) is 0. The van der Waals surface area contributed by atoms with Crippen LogP contribution in [-0.2, 0) is 4.74 Å². The van der Waals surface area contributed by atoms with Crippen LogP contribution in [0.5, 0.6) is 0 Å². The molecule has 19 heavy (non-hydrogen) atoms. The van der Waals surface area contributed by atoms with Gasteiger partial charge >= 0.3 is 5.97 Å². The molecule has 0 aliphatic heterocycles. The number of rotatable bonds is 3. The average Bonchev–Trinajstić information content (AvgIpc) is 2.89. The molecule has 1 heterocycles. The first-order valence-corrected chi connectivity index (χ1v) is 5.20. The van der Waals surface area contributed by atoms with Crippen molar-refractivity contribution in [1.82, 2.24) is 0 Å². The summed E-state index contributed by atoms with van der Waals surface area (Å²) in [6.07, 6.45) is 0.445. The lowest BCUT2D eigenvalue weighted by Gasteiger charge is -2.05. The van der Waals surface area contributed by atoms with E-state index in [1.807, 2.05) is 0 Å². The fraction of sp³-hybridized carbons (Fsp3) is 0.0769. The fourth-order valence-corrected chi connectivity index (χ4v) is 1.57. The molecule has 0 radical (unpaired) electrons. The zero-order valence-corrected chi connectivity index (χ0v) is 9.78. The SMILES string of the molecule is COC(=O)c1ccc(-c2ccc(C=O)o2)c(F)c1F. The molecular formula is C13H8F2O4. The molecule has 98 valence electrons. The van der Waals surface area contributed by atoms with E-state index in [1.54, 1.807) is 0 Å². The van der Waals surface area contributed by atoms with Crippen LogP contribution < -0.4 is 0 Å². The van der Waals surface area contributed by atoms with Crippen LogP contribution in [0.4, 0.5) is 8.78 Å². The Morgan fingerprint density at radius 2 is 1.95 bits per heavy atom. The highest BCUT2D eigenvalue weighted by Gasteiger charge is 2.21. The molecule has 0 aliphatic rings. The van der Waals surface area contributed by atoms with Crippen LogP contribution in [0, 0.1) is 11.6 Å². The van der Waals surface area contributed by atoms with E-state index in [0.29, 0.717) is 6.29 Å². The third-order valence-electron chi connectivity index (χ3n) is 2.50. The van der Waals surface area contributed by atoms with Crippen molar-refractivity contribution in [3.8, 4) is 11.3 Å². The number of furan rings is 1. The van der Waals surface area contributed by atoms with Crippen molar-refractivity contribution in [3.05, 3.63) is 47.2 Å². The van der Waals surface area contributed by atoms with Crippen LogP contribution in [0.15, 0.2) is 28.7 Å². The van der Waals surface area contributed by atoms with E-state index in [4.69, 9.17) is 4.42 Å². The normalized spacial score (nSPS) is 10.3. The minimum Gasteiger partial charge on any atom is -0.465 e. The topological polar surface area (TPSA) is 56.5 Å². The van der Waals surface area contributed by atoms with Gasteiger partial charge in [0, 0.05) is 0 Å². The predicted molar refractivity (Wildman–Crippen MR) is 60.8 cm³/mol. The van der Waals surface area contributed by atoms with Gasteiger partial charge in [-0.15, -0.1) is 0 Å². The van der Waals surface area contributed by atoms with Gasteiger partial charge in [-0.2, -0.15) is 0 Å². The molecule has 0 fully saturated rings. The maximum absolute atomic E-state index is 13.8. The van der Waals surface area contributed by atoms with E-state index < -0.39 is 23.2 Å². The maximum Gasteiger partial charge on any atom is 0.340 e. The lowest BCUT2D eigenvalue weighted by Crippen LogP contribution is -2.06. The molecule has 2 rings (SSSR count). The molecule has 0 aliphatic carbocycles. The Hall–Kier alpha value is -2.50. The highest BCUT2D eigenvalue weighted by molar-refractivity contribution is 5.90. The average molecular weight is 266 g/mol. The van der Waals surface area contributed by atoms with Crippen LogP contribution >= 0.6 is 0 Å². The second-order valence-corrected chi connectivity index (χ2v) is 3.60. The molecule has 2 aromatic rings. The third-order valence-corrected chi connectivity index (χ3v) is 2.50. The highest BCUT2D eigenvalue weighted by Crippen LogP contribution is 2.28. The van der Waals surface area contributed by atoms with Crippen molar-refractivity contribution in [2.75, 3.05) is 7.11 Å². The standard InChI is InChI=1S/C13H8F2O4/c1-18-13(17)9-4-3-8(11(14)12(9)15)10-5-2-7(6-16)19-10/h2-6H,1H3. The second kappa shape index (κ2) is 5.01. The first kappa shape index (κ1) is 12.9. The van der Waals surface area contributed by atoms with Crippen LogP contribution in [0.25, 0.3) is 11.3 Å². The summed E-state index contributed by atoms with van der Waals surface area (Å²) in [5.41, 5.74) is -0.691. The fourth-order valence-electron chi connectivity index (χ4n) is 1.57. The molecule has 0 atom stereocenters. The second-order valence-electron chi connectivity index (χ2n) is 3.60. The Bertz CT molecular complexity index is 646. The van der Waals surface area contributed by atoms with E-state index in [9.17, 15) is 18.4 Å². The first-order valence-electron chi connectivity index (χ1n) is 5.20. The molecule has 1 aromatic carbocycles. The number of halogens is 2. The molecule has 0 amide bonds. The van der Waals surface area contributed by atoms with Gasteiger partial charge in [-0.05, 0) is 24.3 Å². The summed E-state index contributed by atoms with van der Waals surface area (Å²) < 4.78 is 36.8. The predicted octanol–water partition coefficient (Wildman–Crippen LogP) is 2.82. The number of benzene rings is 1. The van der Waals surface area contributed by atoms with E-state index >= 15 is 0 Å². The summed E-state index contributed by atoms with van der Waals surface area (Å²) in [6.45, 7) is 0. The van der Waals surface area contributed by atoms with Crippen molar-refractivity contribution in [2.45, 2.75) is 0 Å². The number of ether oxygens (including phenoxy) is 1.